The molecule has 0 saturated heterocycles. The van der Waals surface area contributed by atoms with Crippen LogP contribution in [0.15, 0.2) is 66.9 Å². The Bertz CT molecular complexity index is 985. The first-order chi connectivity index (χ1) is 13.0. The highest BCUT2D eigenvalue weighted by molar-refractivity contribution is 6.00. The molecule has 3 rings (SSSR count). The minimum absolute atomic E-state index is 0.140. The molecule has 0 saturated carbocycles. The summed E-state index contributed by atoms with van der Waals surface area (Å²) >= 11 is 0. The summed E-state index contributed by atoms with van der Waals surface area (Å²) in [6, 6.07) is 18.5. The zero-order valence-electron chi connectivity index (χ0n) is 15.1. The first kappa shape index (κ1) is 18.3. The molecule has 0 atom stereocenters. The van der Waals surface area contributed by atoms with E-state index in [1.54, 1.807) is 25.4 Å². The molecule has 0 unspecified atom stereocenters. The summed E-state index contributed by atoms with van der Waals surface area (Å²) in [5, 5.41) is 0. The summed E-state index contributed by atoms with van der Waals surface area (Å²) in [4.78, 5) is 35.9. The first-order valence-electron chi connectivity index (χ1n) is 8.49. The van der Waals surface area contributed by atoms with E-state index in [-0.39, 0.29) is 23.9 Å². The van der Waals surface area contributed by atoms with Crippen molar-refractivity contribution in [2.45, 2.75) is 6.92 Å². The molecule has 0 aliphatic heterocycles. The quantitative estimate of drug-likeness (QED) is 0.493. The maximum Gasteiger partial charge on any atom is 0.355 e. The average Bonchev–Trinajstić information content (AvgIpc) is 3.09. The summed E-state index contributed by atoms with van der Waals surface area (Å²) in [6.45, 7) is 1.07. The number of nitrogens with zero attached hydrogens (tertiary/aromatic N) is 1. The number of carbonyl (C=O) groups excluding carboxylic acids is 3. The van der Waals surface area contributed by atoms with E-state index in [2.05, 4.69) is 0 Å². The molecular weight excluding hydrogens is 342 g/mol. The van der Waals surface area contributed by atoms with E-state index in [0.717, 1.165) is 11.1 Å². The molecule has 0 aliphatic rings. The van der Waals surface area contributed by atoms with Crippen LogP contribution < -0.4 is 0 Å². The van der Waals surface area contributed by atoms with E-state index < -0.39 is 5.97 Å². The third kappa shape index (κ3) is 4.20. The maximum absolute atomic E-state index is 12.3. The van der Waals surface area contributed by atoms with Gasteiger partial charge in [0.1, 0.15) is 5.69 Å². The van der Waals surface area contributed by atoms with Crippen LogP contribution in [-0.4, -0.2) is 28.7 Å². The van der Waals surface area contributed by atoms with Gasteiger partial charge in [-0.25, -0.2) is 4.79 Å². The molecule has 1 aromatic heterocycles. The number of ketones is 2. The second-order valence-corrected chi connectivity index (χ2v) is 6.22. The largest absolute Gasteiger partial charge is 0.453 e. The Morgan fingerprint density at radius 3 is 2.11 bits per heavy atom. The Morgan fingerprint density at radius 1 is 0.889 bits per heavy atom. The summed E-state index contributed by atoms with van der Waals surface area (Å²) in [5.41, 5.74) is 3.19. The Labute approximate surface area is 157 Å². The second-order valence-electron chi connectivity index (χ2n) is 6.22. The first-order valence-corrected chi connectivity index (χ1v) is 8.49. The fourth-order valence-corrected chi connectivity index (χ4v) is 2.73. The van der Waals surface area contributed by atoms with Crippen molar-refractivity contribution < 1.29 is 19.1 Å². The van der Waals surface area contributed by atoms with Crippen LogP contribution in [0.1, 0.15) is 38.1 Å². The Hall–Kier alpha value is -3.47. The molecule has 0 aliphatic carbocycles. The monoisotopic (exact) mass is 361 g/mol. The van der Waals surface area contributed by atoms with Gasteiger partial charge in [0, 0.05) is 24.4 Å². The molecule has 136 valence electrons. The van der Waals surface area contributed by atoms with Gasteiger partial charge in [-0.3, -0.25) is 9.59 Å². The Kier molecular flexibility index (Phi) is 5.31. The number of rotatable bonds is 6. The highest BCUT2D eigenvalue weighted by atomic mass is 16.5. The standard InChI is InChI=1S/C22H19NO4/c1-15(24)19-12-20(23(2)13-19)22(26)27-14-21(25)18-10-8-17(9-11-18)16-6-4-3-5-7-16/h3-13H,14H2,1-2H3. The summed E-state index contributed by atoms with van der Waals surface area (Å²) in [5.74, 6) is -1.07. The number of hydrogen-bond donors (Lipinski definition) is 0. The lowest BCUT2D eigenvalue weighted by molar-refractivity contribution is 0.0465. The average molecular weight is 361 g/mol. The van der Waals surface area contributed by atoms with Crippen molar-refractivity contribution in [3.05, 3.63) is 83.7 Å². The number of ether oxygens (including phenoxy) is 1. The lowest BCUT2D eigenvalue weighted by atomic mass is 10.0. The molecule has 0 N–H and O–H groups in total. The predicted octanol–water partition coefficient (Wildman–Crippen LogP) is 3.93. The maximum atomic E-state index is 12.3. The summed E-state index contributed by atoms with van der Waals surface area (Å²) < 4.78 is 6.62. The molecule has 1 heterocycles. The van der Waals surface area contributed by atoms with Gasteiger partial charge >= 0.3 is 5.97 Å². The highest BCUT2D eigenvalue weighted by Gasteiger charge is 2.17. The van der Waals surface area contributed by atoms with Crippen LogP contribution >= 0.6 is 0 Å². The fraction of sp³-hybridized carbons (Fsp3) is 0.136. The highest BCUT2D eigenvalue weighted by Crippen LogP contribution is 2.19. The van der Waals surface area contributed by atoms with Crippen molar-refractivity contribution in [2.24, 2.45) is 7.05 Å². The van der Waals surface area contributed by atoms with Crippen molar-refractivity contribution in [2.75, 3.05) is 6.61 Å². The van der Waals surface area contributed by atoms with Gasteiger partial charge in [-0.1, -0.05) is 54.6 Å². The van der Waals surface area contributed by atoms with Crippen LogP contribution in [0.2, 0.25) is 0 Å². The van der Waals surface area contributed by atoms with E-state index in [9.17, 15) is 14.4 Å². The molecule has 0 fully saturated rings. The zero-order chi connectivity index (χ0) is 19.4. The minimum Gasteiger partial charge on any atom is -0.453 e. The number of Topliss-reactive ketones (excluding diaryl/α,β-unsaturated/α-hetero) is 2. The van der Waals surface area contributed by atoms with E-state index >= 15 is 0 Å². The van der Waals surface area contributed by atoms with Crippen LogP contribution in [-0.2, 0) is 11.8 Å². The third-order valence-electron chi connectivity index (χ3n) is 4.27. The van der Waals surface area contributed by atoms with Gasteiger partial charge in [-0.05, 0) is 24.1 Å². The molecule has 2 aromatic carbocycles. The topological polar surface area (TPSA) is 65.4 Å². The van der Waals surface area contributed by atoms with Gasteiger partial charge in [-0.2, -0.15) is 0 Å². The molecule has 0 amide bonds. The number of carbonyl (C=O) groups is 3. The number of aryl methyl sites for hydroxylation is 1. The second kappa shape index (κ2) is 7.83. The van der Waals surface area contributed by atoms with Gasteiger partial charge in [-0.15, -0.1) is 0 Å². The number of hydrogen-bond acceptors (Lipinski definition) is 4. The van der Waals surface area contributed by atoms with Gasteiger partial charge in [0.25, 0.3) is 0 Å². The number of esters is 1. The molecule has 3 aromatic rings. The van der Waals surface area contributed by atoms with E-state index in [4.69, 9.17) is 4.74 Å². The Balaban J connectivity index is 1.64. The van der Waals surface area contributed by atoms with E-state index in [1.807, 2.05) is 42.5 Å². The number of aromatic nitrogens is 1. The Morgan fingerprint density at radius 2 is 1.52 bits per heavy atom. The molecule has 0 spiro atoms. The van der Waals surface area contributed by atoms with Crippen molar-refractivity contribution in [3.63, 3.8) is 0 Å². The molecule has 27 heavy (non-hydrogen) atoms. The normalized spacial score (nSPS) is 10.4. The summed E-state index contributed by atoms with van der Waals surface area (Å²) in [6.07, 6.45) is 1.56. The van der Waals surface area contributed by atoms with Gasteiger partial charge in [0.15, 0.2) is 18.2 Å². The van der Waals surface area contributed by atoms with Crippen LogP contribution in [0.25, 0.3) is 11.1 Å². The molecule has 5 nitrogen and oxygen atoms in total. The van der Waals surface area contributed by atoms with Gasteiger partial charge in [0.2, 0.25) is 0 Å². The van der Waals surface area contributed by atoms with Crippen molar-refractivity contribution in [1.82, 2.24) is 4.57 Å². The molecular formula is C22H19NO4. The zero-order valence-corrected chi connectivity index (χ0v) is 15.1. The van der Waals surface area contributed by atoms with Crippen molar-refractivity contribution >= 4 is 17.5 Å². The smallest absolute Gasteiger partial charge is 0.355 e. The van der Waals surface area contributed by atoms with E-state index in [0.29, 0.717) is 11.1 Å². The lowest BCUT2D eigenvalue weighted by Crippen LogP contribution is -2.16. The van der Waals surface area contributed by atoms with E-state index in [1.165, 1.54) is 17.6 Å². The molecule has 0 bridgehead atoms. The fourth-order valence-electron chi connectivity index (χ4n) is 2.73. The minimum atomic E-state index is -0.640. The van der Waals surface area contributed by atoms with Crippen LogP contribution in [0, 0.1) is 0 Å². The van der Waals surface area contributed by atoms with Crippen LogP contribution in [0.3, 0.4) is 0 Å². The van der Waals surface area contributed by atoms with Crippen molar-refractivity contribution in [1.29, 1.82) is 0 Å². The van der Waals surface area contributed by atoms with Crippen LogP contribution in [0.5, 0.6) is 0 Å². The predicted molar refractivity (Wildman–Crippen MR) is 102 cm³/mol. The third-order valence-corrected chi connectivity index (χ3v) is 4.27. The van der Waals surface area contributed by atoms with Crippen LogP contribution in [0.4, 0.5) is 0 Å². The SMILES string of the molecule is CC(=O)c1cc(C(=O)OCC(=O)c2ccc(-c3ccccc3)cc2)n(C)c1. The molecule has 5 heteroatoms. The molecule has 0 radical (unpaired) electrons. The number of benzene rings is 2. The van der Waals surface area contributed by atoms with Gasteiger partial charge < -0.3 is 9.30 Å². The van der Waals surface area contributed by atoms with Crippen molar-refractivity contribution in [3.8, 4) is 11.1 Å². The lowest BCUT2D eigenvalue weighted by Gasteiger charge is -2.06. The summed E-state index contributed by atoms with van der Waals surface area (Å²) in [7, 11) is 1.65. The van der Waals surface area contributed by atoms with Gasteiger partial charge in [0.05, 0.1) is 0 Å².